The summed E-state index contributed by atoms with van der Waals surface area (Å²) >= 11 is 0. The van der Waals surface area contributed by atoms with Crippen molar-refractivity contribution in [2.24, 2.45) is 0 Å². The topological polar surface area (TPSA) is 35.5 Å². The van der Waals surface area contributed by atoms with E-state index in [0.717, 1.165) is 25.7 Å². The van der Waals surface area contributed by atoms with E-state index < -0.39 is 6.16 Å². The van der Waals surface area contributed by atoms with Crippen molar-refractivity contribution < 1.29 is 14.3 Å². The molecule has 1 rings (SSSR count). The molecule has 0 aromatic rings. The molecule has 1 saturated heterocycles. The van der Waals surface area contributed by atoms with Gasteiger partial charge in [-0.05, 0) is 12.8 Å². The van der Waals surface area contributed by atoms with Gasteiger partial charge in [0.1, 0.15) is 0 Å². The zero-order valence-electron chi connectivity index (χ0n) is 21.5. The second kappa shape index (κ2) is 24.9. The third kappa shape index (κ3) is 22.5. The molecule has 0 aromatic heterocycles. The lowest BCUT2D eigenvalue weighted by molar-refractivity contribution is 0.0529. The molecule has 0 bridgehead atoms. The Morgan fingerprint density at radius 3 is 0.625 bits per heavy atom. The molecule has 0 unspecified atom stereocenters. The Balaban J connectivity index is 2.06. The zero-order valence-corrected chi connectivity index (χ0v) is 21.5. The van der Waals surface area contributed by atoms with E-state index in [-0.39, 0.29) is 0 Å². The summed E-state index contributed by atoms with van der Waals surface area (Å²) in [6.45, 7) is 1.03. The maximum absolute atomic E-state index is 11.6. The van der Waals surface area contributed by atoms with Gasteiger partial charge in [-0.25, -0.2) is 4.79 Å². The Bertz CT molecular complexity index is 349. The third-order valence-electron chi connectivity index (χ3n) is 6.98. The number of hydrogen-bond acceptors (Lipinski definition) is 3. The fourth-order valence-electron chi connectivity index (χ4n) is 4.80. The zero-order chi connectivity index (χ0) is 22.8. The largest absolute Gasteiger partial charge is 0.508 e. The molecule has 0 aliphatic carbocycles. The molecule has 32 heavy (non-hydrogen) atoms. The van der Waals surface area contributed by atoms with Crippen LogP contribution in [-0.4, -0.2) is 19.4 Å². The summed E-state index contributed by atoms with van der Waals surface area (Å²) in [5, 5.41) is 0. The molecule has 0 radical (unpaired) electrons. The van der Waals surface area contributed by atoms with E-state index in [0.29, 0.717) is 13.2 Å². The van der Waals surface area contributed by atoms with E-state index in [9.17, 15) is 4.79 Å². The van der Waals surface area contributed by atoms with Crippen LogP contribution in [0.5, 0.6) is 0 Å². The van der Waals surface area contributed by atoms with Gasteiger partial charge in [-0.2, -0.15) is 0 Å². The molecule has 1 aliphatic rings. The van der Waals surface area contributed by atoms with Crippen LogP contribution in [0.1, 0.15) is 167 Å². The summed E-state index contributed by atoms with van der Waals surface area (Å²) < 4.78 is 10.4. The highest BCUT2D eigenvalue weighted by molar-refractivity contribution is 5.59. The van der Waals surface area contributed by atoms with Crippen molar-refractivity contribution in [3.63, 3.8) is 0 Å². The van der Waals surface area contributed by atoms with Gasteiger partial charge in [0.2, 0.25) is 0 Å². The SMILES string of the molecule is O=C1OCCCCCCCCCCCCCCCCCCCCCCCCCCCCO1. The predicted octanol–water partition coefficient (Wildman–Crippen LogP) is 10.3. The van der Waals surface area contributed by atoms with Gasteiger partial charge in [0, 0.05) is 0 Å². The first kappa shape index (κ1) is 29.3. The highest BCUT2D eigenvalue weighted by atomic mass is 16.7. The van der Waals surface area contributed by atoms with Crippen LogP contribution >= 0.6 is 0 Å². The summed E-state index contributed by atoms with van der Waals surface area (Å²) in [4.78, 5) is 11.6. The summed E-state index contributed by atoms with van der Waals surface area (Å²) in [7, 11) is 0. The fraction of sp³-hybridized carbons (Fsp3) is 0.966. The quantitative estimate of drug-likeness (QED) is 0.343. The first-order chi connectivity index (χ1) is 15.9. The smallest absolute Gasteiger partial charge is 0.434 e. The molecular weight excluding hydrogens is 396 g/mol. The lowest BCUT2D eigenvalue weighted by atomic mass is 10.0. The number of carbonyl (C=O) groups excluding carboxylic acids is 1. The Morgan fingerprint density at radius 1 is 0.281 bits per heavy atom. The maximum Gasteiger partial charge on any atom is 0.508 e. The molecule has 190 valence electrons. The van der Waals surface area contributed by atoms with Crippen LogP contribution in [0.4, 0.5) is 4.79 Å². The average molecular weight is 453 g/mol. The van der Waals surface area contributed by atoms with Crippen LogP contribution in [0.3, 0.4) is 0 Å². The van der Waals surface area contributed by atoms with Gasteiger partial charge in [0.15, 0.2) is 0 Å². The molecule has 3 nitrogen and oxygen atoms in total. The van der Waals surface area contributed by atoms with Crippen molar-refractivity contribution in [3.8, 4) is 0 Å². The lowest BCUT2D eigenvalue weighted by Gasteiger charge is -2.07. The van der Waals surface area contributed by atoms with Gasteiger partial charge in [0.25, 0.3) is 0 Å². The minimum absolute atomic E-state index is 0.472. The van der Waals surface area contributed by atoms with Gasteiger partial charge in [0.05, 0.1) is 13.2 Å². The molecule has 0 saturated carbocycles. The summed E-state index contributed by atoms with van der Waals surface area (Å²) in [6.07, 6.45) is 34.7. The lowest BCUT2D eigenvalue weighted by Crippen LogP contribution is -2.09. The summed E-state index contributed by atoms with van der Waals surface area (Å²) in [6, 6.07) is 0. The van der Waals surface area contributed by atoms with E-state index in [1.165, 1.54) is 141 Å². The Morgan fingerprint density at radius 2 is 0.438 bits per heavy atom. The number of ether oxygens (including phenoxy) is 2. The first-order valence-electron chi connectivity index (χ1n) is 14.7. The normalized spacial score (nSPS) is 23.2. The minimum atomic E-state index is -0.472. The highest BCUT2D eigenvalue weighted by Crippen LogP contribution is 2.16. The van der Waals surface area contributed by atoms with E-state index in [4.69, 9.17) is 9.47 Å². The molecule has 0 aromatic carbocycles. The summed E-state index contributed by atoms with van der Waals surface area (Å²) in [5.74, 6) is 0. The number of hydrogen-bond donors (Lipinski definition) is 0. The van der Waals surface area contributed by atoms with Gasteiger partial charge in [-0.15, -0.1) is 0 Å². The molecule has 1 fully saturated rings. The Hall–Kier alpha value is -0.730. The number of cyclic esters (lactones) is 2. The van der Waals surface area contributed by atoms with Crippen LogP contribution in [0.2, 0.25) is 0 Å². The van der Waals surface area contributed by atoms with Crippen LogP contribution in [0.25, 0.3) is 0 Å². The van der Waals surface area contributed by atoms with E-state index >= 15 is 0 Å². The molecule has 3 heteroatoms. The molecule has 1 heterocycles. The maximum atomic E-state index is 11.6. The third-order valence-corrected chi connectivity index (χ3v) is 6.98. The van der Waals surface area contributed by atoms with Crippen molar-refractivity contribution in [3.05, 3.63) is 0 Å². The van der Waals surface area contributed by atoms with Gasteiger partial charge < -0.3 is 9.47 Å². The molecule has 0 spiro atoms. The van der Waals surface area contributed by atoms with Gasteiger partial charge >= 0.3 is 6.16 Å². The van der Waals surface area contributed by atoms with Crippen molar-refractivity contribution in [2.75, 3.05) is 13.2 Å². The van der Waals surface area contributed by atoms with Crippen molar-refractivity contribution in [1.29, 1.82) is 0 Å². The fourth-order valence-corrected chi connectivity index (χ4v) is 4.80. The van der Waals surface area contributed by atoms with E-state index in [1.807, 2.05) is 0 Å². The van der Waals surface area contributed by atoms with Crippen molar-refractivity contribution >= 4 is 6.16 Å². The summed E-state index contributed by atoms with van der Waals surface area (Å²) in [5.41, 5.74) is 0. The molecule has 1 aliphatic heterocycles. The highest BCUT2D eigenvalue weighted by Gasteiger charge is 2.03. The molecule has 0 N–H and O–H groups in total. The van der Waals surface area contributed by atoms with Crippen molar-refractivity contribution in [1.82, 2.24) is 0 Å². The number of carbonyl (C=O) groups is 1. The van der Waals surface area contributed by atoms with Gasteiger partial charge in [-0.1, -0.05) is 154 Å². The minimum Gasteiger partial charge on any atom is -0.434 e. The van der Waals surface area contributed by atoms with Gasteiger partial charge in [-0.3, -0.25) is 0 Å². The standard InChI is InChI=1S/C29H56O3/c30-29-31-27-25-23-21-19-17-15-13-11-9-7-5-3-1-2-4-6-8-10-12-14-16-18-20-22-24-26-28-32-29/h1-28H2. The van der Waals surface area contributed by atoms with Crippen molar-refractivity contribution in [2.45, 2.75) is 167 Å². The Kier molecular flexibility index (Phi) is 22.8. The van der Waals surface area contributed by atoms with E-state index in [2.05, 4.69) is 0 Å². The second-order valence-corrected chi connectivity index (χ2v) is 10.1. The second-order valence-electron chi connectivity index (χ2n) is 10.1. The monoisotopic (exact) mass is 452 g/mol. The average Bonchev–Trinajstić information content (AvgIpc) is 2.79. The Labute approximate surface area is 200 Å². The van der Waals surface area contributed by atoms with E-state index in [1.54, 1.807) is 0 Å². The van der Waals surface area contributed by atoms with Crippen LogP contribution < -0.4 is 0 Å². The number of rotatable bonds is 0. The van der Waals surface area contributed by atoms with Crippen LogP contribution in [0.15, 0.2) is 0 Å². The first-order valence-corrected chi connectivity index (χ1v) is 14.7. The molecular formula is C29H56O3. The van der Waals surface area contributed by atoms with Crippen LogP contribution in [0, 0.1) is 0 Å². The predicted molar refractivity (Wildman–Crippen MR) is 137 cm³/mol. The molecule has 0 amide bonds. The van der Waals surface area contributed by atoms with Crippen LogP contribution in [-0.2, 0) is 9.47 Å². The molecule has 0 atom stereocenters.